The Bertz CT molecular complexity index is 208. The van der Waals surface area contributed by atoms with Gasteiger partial charge in [0.25, 0.3) is 0 Å². The van der Waals surface area contributed by atoms with Crippen LogP contribution in [0.1, 0.15) is 25.7 Å². The summed E-state index contributed by atoms with van der Waals surface area (Å²) in [6.45, 7) is 1.42. The van der Waals surface area contributed by atoms with E-state index in [-0.39, 0.29) is 18.1 Å². The number of amides is 1. The summed E-state index contributed by atoms with van der Waals surface area (Å²) in [6, 6.07) is -0.379. The number of carbonyl (C=O) groups is 1. The minimum Gasteiger partial charge on any atom is -0.376 e. The van der Waals surface area contributed by atoms with Gasteiger partial charge in [-0.1, -0.05) is 0 Å². The molecule has 1 fully saturated rings. The molecule has 0 aromatic rings. The van der Waals surface area contributed by atoms with Gasteiger partial charge in [-0.2, -0.15) is 11.8 Å². The van der Waals surface area contributed by atoms with Crippen molar-refractivity contribution in [3.05, 3.63) is 0 Å². The van der Waals surface area contributed by atoms with Gasteiger partial charge in [-0.3, -0.25) is 4.79 Å². The molecule has 2 atom stereocenters. The Balaban J connectivity index is 2.12. The van der Waals surface area contributed by atoms with E-state index in [4.69, 9.17) is 10.5 Å². The molecule has 0 bridgehead atoms. The van der Waals surface area contributed by atoms with Gasteiger partial charge in [0.1, 0.15) is 0 Å². The maximum Gasteiger partial charge on any atom is 0.237 e. The summed E-state index contributed by atoms with van der Waals surface area (Å²) in [5.41, 5.74) is 5.75. The summed E-state index contributed by atoms with van der Waals surface area (Å²) in [5.74, 6) is 0.873. The van der Waals surface area contributed by atoms with E-state index >= 15 is 0 Å². The van der Waals surface area contributed by atoms with Crippen molar-refractivity contribution in [2.45, 2.75) is 37.8 Å². The summed E-state index contributed by atoms with van der Waals surface area (Å²) in [4.78, 5) is 11.6. The molecule has 1 amide bonds. The van der Waals surface area contributed by atoms with Crippen LogP contribution in [-0.2, 0) is 9.53 Å². The summed E-state index contributed by atoms with van der Waals surface area (Å²) in [5, 5.41) is 2.86. The van der Waals surface area contributed by atoms with E-state index < -0.39 is 0 Å². The summed E-state index contributed by atoms with van der Waals surface area (Å²) < 4.78 is 5.53. The second kappa shape index (κ2) is 7.92. The molecule has 1 aliphatic rings. The van der Waals surface area contributed by atoms with Crippen molar-refractivity contribution < 1.29 is 9.53 Å². The van der Waals surface area contributed by atoms with Crippen molar-refractivity contribution >= 4 is 17.7 Å². The van der Waals surface area contributed by atoms with Crippen LogP contribution in [0.5, 0.6) is 0 Å². The van der Waals surface area contributed by atoms with E-state index in [0.717, 1.165) is 31.6 Å². The predicted molar refractivity (Wildman–Crippen MR) is 67.6 cm³/mol. The van der Waals surface area contributed by atoms with Gasteiger partial charge in [-0.15, -0.1) is 0 Å². The highest BCUT2D eigenvalue weighted by Crippen LogP contribution is 2.11. The third-order valence-electron chi connectivity index (χ3n) is 2.75. The SMILES string of the molecule is CSCC[C@@H](N)C(=O)NCC1CCCCO1. The Labute approximate surface area is 102 Å². The van der Waals surface area contributed by atoms with E-state index in [9.17, 15) is 4.79 Å². The van der Waals surface area contributed by atoms with Crippen molar-refractivity contribution in [1.82, 2.24) is 5.32 Å². The zero-order chi connectivity index (χ0) is 11.8. The highest BCUT2D eigenvalue weighted by atomic mass is 32.2. The molecule has 4 nitrogen and oxygen atoms in total. The molecule has 0 radical (unpaired) electrons. The maximum atomic E-state index is 11.6. The largest absolute Gasteiger partial charge is 0.376 e. The Kier molecular flexibility index (Phi) is 6.84. The standard InChI is InChI=1S/C11H22N2O2S/c1-16-7-5-10(12)11(14)13-8-9-4-2-3-6-15-9/h9-10H,2-8,12H2,1H3,(H,13,14)/t9?,10-/m1/s1. The molecule has 94 valence electrons. The van der Waals surface area contributed by atoms with Crippen LogP contribution in [0.3, 0.4) is 0 Å². The fraction of sp³-hybridized carbons (Fsp3) is 0.909. The third-order valence-corrected chi connectivity index (χ3v) is 3.39. The summed E-state index contributed by atoms with van der Waals surface area (Å²) >= 11 is 1.71. The van der Waals surface area contributed by atoms with Crippen LogP contribution in [-0.4, -0.2) is 43.2 Å². The maximum absolute atomic E-state index is 11.6. The van der Waals surface area contributed by atoms with Gasteiger partial charge in [0, 0.05) is 13.2 Å². The van der Waals surface area contributed by atoms with Gasteiger partial charge in [0.2, 0.25) is 5.91 Å². The van der Waals surface area contributed by atoms with Crippen LogP contribution in [0.2, 0.25) is 0 Å². The lowest BCUT2D eigenvalue weighted by atomic mass is 10.1. The Morgan fingerprint density at radius 2 is 2.44 bits per heavy atom. The molecule has 0 spiro atoms. The van der Waals surface area contributed by atoms with Crippen molar-refractivity contribution in [3.63, 3.8) is 0 Å². The van der Waals surface area contributed by atoms with Crippen LogP contribution in [0.4, 0.5) is 0 Å². The number of nitrogens with two attached hydrogens (primary N) is 1. The smallest absolute Gasteiger partial charge is 0.237 e. The second-order valence-electron chi connectivity index (χ2n) is 4.12. The van der Waals surface area contributed by atoms with E-state index in [1.165, 1.54) is 6.42 Å². The Morgan fingerprint density at radius 1 is 1.62 bits per heavy atom. The fourth-order valence-corrected chi connectivity index (χ4v) is 2.18. The summed E-state index contributed by atoms with van der Waals surface area (Å²) in [7, 11) is 0. The monoisotopic (exact) mass is 246 g/mol. The van der Waals surface area contributed by atoms with Crippen LogP contribution < -0.4 is 11.1 Å². The zero-order valence-corrected chi connectivity index (χ0v) is 10.7. The number of nitrogens with one attached hydrogen (secondary N) is 1. The van der Waals surface area contributed by atoms with Crippen molar-refractivity contribution in [2.75, 3.05) is 25.2 Å². The number of hydrogen-bond acceptors (Lipinski definition) is 4. The first-order chi connectivity index (χ1) is 7.74. The number of carbonyl (C=O) groups excluding carboxylic acids is 1. The average molecular weight is 246 g/mol. The predicted octanol–water partition coefficient (Wildman–Crippen LogP) is 0.752. The van der Waals surface area contributed by atoms with E-state index in [0.29, 0.717) is 6.54 Å². The minimum atomic E-state index is -0.379. The third kappa shape index (κ3) is 5.18. The molecule has 3 N–H and O–H groups in total. The lowest BCUT2D eigenvalue weighted by Crippen LogP contribution is -2.44. The van der Waals surface area contributed by atoms with Gasteiger partial charge in [-0.25, -0.2) is 0 Å². The number of hydrogen-bond donors (Lipinski definition) is 2. The molecule has 5 heteroatoms. The molecule has 1 unspecified atom stereocenters. The molecule has 1 aliphatic heterocycles. The highest BCUT2D eigenvalue weighted by molar-refractivity contribution is 7.98. The number of ether oxygens (including phenoxy) is 1. The van der Waals surface area contributed by atoms with Crippen molar-refractivity contribution in [1.29, 1.82) is 0 Å². The van der Waals surface area contributed by atoms with Crippen LogP contribution >= 0.6 is 11.8 Å². The normalized spacial score (nSPS) is 22.8. The second-order valence-corrected chi connectivity index (χ2v) is 5.11. The van der Waals surface area contributed by atoms with Crippen LogP contribution in [0.25, 0.3) is 0 Å². The van der Waals surface area contributed by atoms with Crippen LogP contribution in [0, 0.1) is 0 Å². The molecule has 1 heterocycles. The fourth-order valence-electron chi connectivity index (χ4n) is 1.69. The lowest BCUT2D eigenvalue weighted by molar-refractivity contribution is -0.123. The lowest BCUT2D eigenvalue weighted by Gasteiger charge is -2.23. The summed E-state index contributed by atoms with van der Waals surface area (Å²) in [6.07, 6.45) is 6.31. The average Bonchev–Trinajstić information content (AvgIpc) is 2.34. The minimum absolute atomic E-state index is 0.0526. The number of thioether (sulfide) groups is 1. The van der Waals surface area contributed by atoms with Crippen LogP contribution in [0.15, 0.2) is 0 Å². The molecule has 16 heavy (non-hydrogen) atoms. The Morgan fingerprint density at radius 3 is 3.06 bits per heavy atom. The first-order valence-corrected chi connectivity index (χ1v) is 7.27. The van der Waals surface area contributed by atoms with Gasteiger partial charge in [-0.05, 0) is 37.7 Å². The highest BCUT2D eigenvalue weighted by Gasteiger charge is 2.17. The molecule has 0 aliphatic carbocycles. The molecular formula is C11H22N2O2S. The van der Waals surface area contributed by atoms with Gasteiger partial charge < -0.3 is 15.8 Å². The zero-order valence-electron chi connectivity index (χ0n) is 9.91. The molecular weight excluding hydrogens is 224 g/mol. The Hall–Kier alpha value is -0.260. The molecule has 1 rings (SSSR count). The van der Waals surface area contributed by atoms with Gasteiger partial charge in [0.05, 0.1) is 12.1 Å². The molecule has 1 saturated heterocycles. The van der Waals surface area contributed by atoms with Crippen molar-refractivity contribution in [2.24, 2.45) is 5.73 Å². The molecule has 0 aromatic heterocycles. The first kappa shape index (κ1) is 13.8. The quantitative estimate of drug-likeness (QED) is 0.726. The van der Waals surface area contributed by atoms with Gasteiger partial charge >= 0.3 is 0 Å². The van der Waals surface area contributed by atoms with E-state index in [1.807, 2.05) is 6.26 Å². The topological polar surface area (TPSA) is 64.4 Å². The first-order valence-electron chi connectivity index (χ1n) is 5.88. The van der Waals surface area contributed by atoms with Crippen molar-refractivity contribution in [3.8, 4) is 0 Å². The molecule has 0 saturated carbocycles. The van der Waals surface area contributed by atoms with E-state index in [2.05, 4.69) is 5.32 Å². The van der Waals surface area contributed by atoms with Gasteiger partial charge in [0.15, 0.2) is 0 Å². The molecule has 0 aromatic carbocycles. The van der Waals surface area contributed by atoms with E-state index in [1.54, 1.807) is 11.8 Å². The number of rotatable bonds is 6.